The van der Waals surface area contributed by atoms with E-state index in [4.69, 9.17) is 39.5 Å². The van der Waals surface area contributed by atoms with Crippen molar-refractivity contribution >= 4 is 47.2 Å². The van der Waals surface area contributed by atoms with Crippen molar-refractivity contribution in [1.29, 1.82) is 0 Å². The number of benzene rings is 2. The molecule has 0 bridgehead atoms. The van der Waals surface area contributed by atoms with Gasteiger partial charge in [0.15, 0.2) is 0 Å². The molecule has 1 aliphatic rings. The molecule has 2 nitrogen and oxygen atoms in total. The molecule has 0 radical (unpaired) electrons. The van der Waals surface area contributed by atoms with Gasteiger partial charge in [-0.05, 0) is 29.8 Å². The van der Waals surface area contributed by atoms with Gasteiger partial charge in [-0.15, -0.1) is 12.4 Å². The first-order valence-electron chi connectivity index (χ1n) is 6.72. The van der Waals surface area contributed by atoms with E-state index < -0.39 is 0 Å². The number of hydrogen-bond acceptors (Lipinski definition) is 2. The Balaban J connectivity index is 0.00000176. The smallest absolute Gasteiger partial charge is 0.138 e. The Morgan fingerprint density at radius 3 is 2.27 bits per heavy atom. The van der Waals surface area contributed by atoms with Crippen LogP contribution in [0.15, 0.2) is 42.5 Å². The first kappa shape index (κ1) is 17.7. The summed E-state index contributed by atoms with van der Waals surface area (Å²) in [5.74, 6) is 1.07. The summed E-state index contributed by atoms with van der Waals surface area (Å²) in [6.07, 6.45) is -0.0964. The summed E-state index contributed by atoms with van der Waals surface area (Å²) in [7, 11) is 0. The largest absolute Gasteiger partial charge is 0.484 e. The van der Waals surface area contributed by atoms with Crippen molar-refractivity contribution in [1.82, 2.24) is 5.32 Å². The molecular formula is C16H15Cl4NO. The third-order valence-corrected chi connectivity index (χ3v) is 4.66. The SMILES string of the molecule is Cl.Clc1ccc([C@H](Oc2ccccc2Cl)C2CNC2)cc1Cl. The Morgan fingerprint density at radius 1 is 0.955 bits per heavy atom. The Hall–Kier alpha value is -0.640. The molecule has 1 saturated heterocycles. The minimum absolute atomic E-state index is 0. The van der Waals surface area contributed by atoms with Gasteiger partial charge in [-0.25, -0.2) is 0 Å². The van der Waals surface area contributed by atoms with Crippen molar-refractivity contribution in [3.05, 3.63) is 63.1 Å². The van der Waals surface area contributed by atoms with Crippen molar-refractivity contribution in [2.75, 3.05) is 13.1 Å². The number of halogens is 4. The maximum absolute atomic E-state index is 6.19. The molecule has 118 valence electrons. The van der Waals surface area contributed by atoms with E-state index in [1.807, 2.05) is 36.4 Å². The van der Waals surface area contributed by atoms with E-state index in [-0.39, 0.29) is 18.5 Å². The van der Waals surface area contributed by atoms with Gasteiger partial charge < -0.3 is 10.1 Å². The number of para-hydroxylation sites is 1. The van der Waals surface area contributed by atoms with E-state index in [1.54, 1.807) is 6.07 Å². The molecule has 0 spiro atoms. The quantitative estimate of drug-likeness (QED) is 0.767. The zero-order chi connectivity index (χ0) is 14.8. The minimum Gasteiger partial charge on any atom is -0.484 e. The van der Waals surface area contributed by atoms with Crippen LogP contribution in [-0.4, -0.2) is 13.1 Å². The molecule has 1 heterocycles. The number of ether oxygens (including phenoxy) is 1. The molecular weight excluding hydrogens is 364 g/mol. The second kappa shape index (κ2) is 7.76. The molecule has 1 aliphatic heterocycles. The van der Waals surface area contributed by atoms with Crippen molar-refractivity contribution in [3.8, 4) is 5.75 Å². The van der Waals surface area contributed by atoms with Crippen molar-refractivity contribution < 1.29 is 4.74 Å². The number of hydrogen-bond donors (Lipinski definition) is 1. The third kappa shape index (κ3) is 3.81. The molecule has 1 fully saturated rings. The van der Waals surface area contributed by atoms with Gasteiger partial charge in [0.25, 0.3) is 0 Å². The molecule has 2 aromatic rings. The Bertz CT molecular complexity index is 646. The lowest BCUT2D eigenvalue weighted by atomic mass is 9.91. The van der Waals surface area contributed by atoms with Crippen LogP contribution in [0.5, 0.6) is 5.75 Å². The summed E-state index contributed by atoms with van der Waals surface area (Å²) in [4.78, 5) is 0. The third-order valence-electron chi connectivity index (χ3n) is 3.60. The van der Waals surface area contributed by atoms with Gasteiger partial charge in [-0.1, -0.05) is 53.0 Å². The fraction of sp³-hybridized carbons (Fsp3) is 0.250. The van der Waals surface area contributed by atoms with Crippen molar-refractivity contribution in [2.45, 2.75) is 6.10 Å². The maximum Gasteiger partial charge on any atom is 0.138 e. The topological polar surface area (TPSA) is 21.3 Å². The van der Waals surface area contributed by atoms with E-state index in [0.29, 0.717) is 26.7 Å². The average Bonchev–Trinajstić information content (AvgIpc) is 2.41. The first-order valence-corrected chi connectivity index (χ1v) is 7.85. The van der Waals surface area contributed by atoms with Gasteiger partial charge in [0.2, 0.25) is 0 Å². The molecule has 3 rings (SSSR count). The zero-order valence-corrected chi connectivity index (χ0v) is 14.6. The van der Waals surface area contributed by atoms with Crippen LogP contribution in [0.3, 0.4) is 0 Å². The van der Waals surface area contributed by atoms with E-state index in [1.165, 1.54) is 0 Å². The van der Waals surface area contributed by atoms with Crippen LogP contribution in [0.4, 0.5) is 0 Å². The lowest BCUT2D eigenvalue weighted by molar-refractivity contribution is 0.0994. The van der Waals surface area contributed by atoms with Crippen LogP contribution in [0.25, 0.3) is 0 Å². The lowest BCUT2D eigenvalue weighted by Gasteiger charge is -2.35. The van der Waals surface area contributed by atoms with Gasteiger partial charge >= 0.3 is 0 Å². The molecule has 22 heavy (non-hydrogen) atoms. The summed E-state index contributed by atoms with van der Waals surface area (Å²) in [5.41, 5.74) is 1.01. The Morgan fingerprint density at radius 2 is 1.68 bits per heavy atom. The van der Waals surface area contributed by atoms with Crippen LogP contribution < -0.4 is 10.1 Å². The van der Waals surface area contributed by atoms with Crippen LogP contribution >= 0.6 is 47.2 Å². The monoisotopic (exact) mass is 377 g/mol. The average molecular weight is 379 g/mol. The fourth-order valence-electron chi connectivity index (χ4n) is 2.33. The number of rotatable bonds is 4. The minimum atomic E-state index is -0.0964. The predicted octanol–water partition coefficient (Wildman–Crippen LogP) is 5.41. The highest BCUT2D eigenvalue weighted by Gasteiger charge is 2.31. The standard InChI is InChI=1S/C16H14Cl3NO.ClH/c17-12-6-5-10(7-14(12)19)16(11-8-20-9-11)21-15-4-2-1-3-13(15)18;/h1-7,11,16,20H,8-9H2;1H/t16-;/m0./s1. The maximum atomic E-state index is 6.19. The number of nitrogens with one attached hydrogen (secondary N) is 1. The lowest BCUT2D eigenvalue weighted by Crippen LogP contribution is -2.46. The molecule has 1 N–H and O–H groups in total. The van der Waals surface area contributed by atoms with Crippen LogP contribution in [-0.2, 0) is 0 Å². The summed E-state index contributed by atoms with van der Waals surface area (Å²) < 4.78 is 6.16. The Kier molecular flexibility index (Phi) is 6.25. The first-order chi connectivity index (χ1) is 10.1. The highest BCUT2D eigenvalue weighted by molar-refractivity contribution is 6.42. The van der Waals surface area contributed by atoms with E-state index in [2.05, 4.69) is 5.32 Å². The summed E-state index contributed by atoms with van der Waals surface area (Å²) in [6.45, 7) is 1.82. The normalized spacial score (nSPS) is 15.6. The molecule has 2 aromatic carbocycles. The summed E-state index contributed by atoms with van der Waals surface area (Å²) >= 11 is 18.3. The second-order valence-electron chi connectivity index (χ2n) is 5.06. The highest BCUT2D eigenvalue weighted by atomic mass is 35.5. The summed E-state index contributed by atoms with van der Waals surface area (Å²) in [6, 6.07) is 13.1. The van der Waals surface area contributed by atoms with Gasteiger partial charge in [-0.2, -0.15) is 0 Å². The Labute approximate surface area is 151 Å². The van der Waals surface area contributed by atoms with Crippen LogP contribution in [0.1, 0.15) is 11.7 Å². The van der Waals surface area contributed by atoms with Crippen molar-refractivity contribution in [2.24, 2.45) is 5.92 Å². The molecule has 0 amide bonds. The van der Waals surface area contributed by atoms with Crippen LogP contribution in [0, 0.1) is 5.92 Å². The van der Waals surface area contributed by atoms with Gasteiger partial charge in [0.05, 0.1) is 15.1 Å². The van der Waals surface area contributed by atoms with E-state index in [0.717, 1.165) is 18.7 Å². The van der Waals surface area contributed by atoms with E-state index >= 15 is 0 Å². The molecule has 6 heteroatoms. The second-order valence-corrected chi connectivity index (χ2v) is 6.28. The van der Waals surface area contributed by atoms with Crippen molar-refractivity contribution in [3.63, 3.8) is 0 Å². The van der Waals surface area contributed by atoms with Gasteiger partial charge in [-0.3, -0.25) is 0 Å². The highest BCUT2D eigenvalue weighted by Crippen LogP contribution is 2.36. The van der Waals surface area contributed by atoms with Gasteiger partial charge in [0.1, 0.15) is 11.9 Å². The molecule has 1 atom stereocenters. The van der Waals surface area contributed by atoms with E-state index in [9.17, 15) is 0 Å². The molecule has 0 aliphatic carbocycles. The zero-order valence-electron chi connectivity index (χ0n) is 11.6. The predicted molar refractivity (Wildman–Crippen MR) is 94.9 cm³/mol. The molecule has 0 unspecified atom stereocenters. The van der Waals surface area contributed by atoms with Gasteiger partial charge in [0, 0.05) is 19.0 Å². The molecule has 0 aromatic heterocycles. The molecule has 0 saturated carbocycles. The van der Waals surface area contributed by atoms with Crippen LogP contribution in [0.2, 0.25) is 15.1 Å². The summed E-state index contributed by atoms with van der Waals surface area (Å²) in [5, 5.41) is 4.95. The fourth-order valence-corrected chi connectivity index (χ4v) is 2.81.